The Kier molecular flexibility index (Phi) is 6.09. The lowest BCUT2D eigenvalue weighted by atomic mass is 9.96. The molecule has 0 radical (unpaired) electrons. The van der Waals surface area contributed by atoms with E-state index in [1.807, 2.05) is 32.0 Å². The highest BCUT2D eigenvalue weighted by molar-refractivity contribution is 5.92. The molecule has 1 fully saturated rings. The summed E-state index contributed by atoms with van der Waals surface area (Å²) in [5, 5.41) is 6.60. The third-order valence-corrected chi connectivity index (χ3v) is 4.13. The van der Waals surface area contributed by atoms with Crippen molar-refractivity contribution in [2.45, 2.75) is 64.8 Å². The average Bonchev–Trinajstić information content (AvgIpc) is 2.42. The number of amides is 1. The molecule has 0 heterocycles. The standard InChI is InChI=1S/C18H28N2O/c1-14(2)18(21)20-17-12-8-11-16(13-17)19-15-9-6-4-3-5-7-10-15/h8,11-15,19H,3-7,9-10H2,1-2H3,(H,20,21). The number of hydrogen-bond donors (Lipinski definition) is 2. The number of nitrogens with one attached hydrogen (secondary N) is 2. The van der Waals surface area contributed by atoms with Crippen molar-refractivity contribution in [3.05, 3.63) is 24.3 Å². The number of benzene rings is 1. The van der Waals surface area contributed by atoms with E-state index in [1.165, 1.54) is 44.9 Å². The van der Waals surface area contributed by atoms with E-state index in [1.54, 1.807) is 0 Å². The van der Waals surface area contributed by atoms with Crippen LogP contribution in [0, 0.1) is 5.92 Å². The van der Waals surface area contributed by atoms with Crippen molar-refractivity contribution in [1.82, 2.24) is 0 Å². The number of anilines is 2. The van der Waals surface area contributed by atoms with E-state index in [0.29, 0.717) is 6.04 Å². The minimum atomic E-state index is 0.00669. The van der Waals surface area contributed by atoms with Gasteiger partial charge in [-0.3, -0.25) is 4.79 Å². The van der Waals surface area contributed by atoms with Gasteiger partial charge in [-0.15, -0.1) is 0 Å². The molecule has 0 atom stereocenters. The first-order chi connectivity index (χ1) is 10.1. The Bertz CT molecular complexity index is 448. The van der Waals surface area contributed by atoms with Gasteiger partial charge in [-0.1, -0.05) is 52.0 Å². The first-order valence-electron chi connectivity index (χ1n) is 8.32. The van der Waals surface area contributed by atoms with E-state index in [0.717, 1.165) is 11.4 Å². The first kappa shape index (κ1) is 15.9. The molecule has 1 aromatic rings. The van der Waals surface area contributed by atoms with Crippen LogP contribution in [0.1, 0.15) is 58.8 Å². The summed E-state index contributed by atoms with van der Waals surface area (Å²) in [6.45, 7) is 3.82. The molecule has 2 rings (SSSR count). The molecular weight excluding hydrogens is 260 g/mol. The van der Waals surface area contributed by atoms with Crippen LogP contribution in [0.2, 0.25) is 0 Å². The van der Waals surface area contributed by atoms with Crippen molar-refractivity contribution in [2.24, 2.45) is 5.92 Å². The molecule has 0 spiro atoms. The maximum atomic E-state index is 11.8. The Labute approximate surface area is 128 Å². The van der Waals surface area contributed by atoms with Crippen molar-refractivity contribution in [3.63, 3.8) is 0 Å². The molecule has 0 unspecified atom stereocenters. The summed E-state index contributed by atoms with van der Waals surface area (Å²) >= 11 is 0. The maximum absolute atomic E-state index is 11.8. The highest BCUT2D eigenvalue weighted by Crippen LogP contribution is 2.22. The largest absolute Gasteiger partial charge is 0.382 e. The summed E-state index contributed by atoms with van der Waals surface area (Å²) < 4.78 is 0. The van der Waals surface area contributed by atoms with Crippen LogP contribution in [0.15, 0.2) is 24.3 Å². The van der Waals surface area contributed by atoms with E-state index in [-0.39, 0.29) is 11.8 Å². The van der Waals surface area contributed by atoms with Gasteiger partial charge in [0.15, 0.2) is 0 Å². The molecule has 2 N–H and O–H groups in total. The van der Waals surface area contributed by atoms with Crippen molar-refractivity contribution < 1.29 is 4.79 Å². The Morgan fingerprint density at radius 2 is 1.67 bits per heavy atom. The molecule has 21 heavy (non-hydrogen) atoms. The highest BCUT2D eigenvalue weighted by atomic mass is 16.1. The predicted molar refractivity (Wildman–Crippen MR) is 89.6 cm³/mol. The van der Waals surface area contributed by atoms with E-state index < -0.39 is 0 Å². The molecule has 3 heteroatoms. The van der Waals surface area contributed by atoms with E-state index in [2.05, 4.69) is 16.7 Å². The van der Waals surface area contributed by atoms with Gasteiger partial charge >= 0.3 is 0 Å². The van der Waals surface area contributed by atoms with Gasteiger partial charge in [-0.25, -0.2) is 0 Å². The van der Waals surface area contributed by atoms with Crippen LogP contribution in [0.4, 0.5) is 11.4 Å². The van der Waals surface area contributed by atoms with Gasteiger partial charge in [-0.2, -0.15) is 0 Å². The minimum Gasteiger partial charge on any atom is -0.382 e. The monoisotopic (exact) mass is 288 g/mol. The zero-order chi connectivity index (χ0) is 15.1. The summed E-state index contributed by atoms with van der Waals surface area (Å²) in [4.78, 5) is 11.8. The Morgan fingerprint density at radius 3 is 2.33 bits per heavy atom. The zero-order valence-electron chi connectivity index (χ0n) is 13.3. The maximum Gasteiger partial charge on any atom is 0.226 e. The summed E-state index contributed by atoms with van der Waals surface area (Å²) in [5.74, 6) is 0.0744. The second-order valence-electron chi connectivity index (χ2n) is 6.41. The van der Waals surface area contributed by atoms with Gasteiger partial charge in [0, 0.05) is 23.3 Å². The van der Waals surface area contributed by atoms with Gasteiger partial charge in [0.25, 0.3) is 0 Å². The van der Waals surface area contributed by atoms with Crippen molar-refractivity contribution in [3.8, 4) is 0 Å². The van der Waals surface area contributed by atoms with Crippen molar-refractivity contribution in [1.29, 1.82) is 0 Å². The summed E-state index contributed by atoms with van der Waals surface area (Å²) in [7, 11) is 0. The number of hydrogen-bond acceptors (Lipinski definition) is 2. The van der Waals surface area contributed by atoms with Gasteiger partial charge in [0.2, 0.25) is 5.91 Å². The molecule has 116 valence electrons. The Morgan fingerprint density at radius 1 is 1.05 bits per heavy atom. The first-order valence-corrected chi connectivity index (χ1v) is 8.32. The second-order valence-corrected chi connectivity index (χ2v) is 6.41. The second kappa shape index (κ2) is 8.06. The lowest BCUT2D eigenvalue weighted by molar-refractivity contribution is -0.118. The molecule has 1 amide bonds. The van der Waals surface area contributed by atoms with Crippen LogP contribution in [0.25, 0.3) is 0 Å². The fourth-order valence-electron chi connectivity index (χ4n) is 2.81. The molecule has 1 aromatic carbocycles. The van der Waals surface area contributed by atoms with Crippen molar-refractivity contribution in [2.75, 3.05) is 10.6 Å². The molecule has 0 aliphatic heterocycles. The van der Waals surface area contributed by atoms with Crippen LogP contribution in [0.5, 0.6) is 0 Å². The van der Waals surface area contributed by atoms with Crippen molar-refractivity contribution >= 4 is 17.3 Å². The van der Waals surface area contributed by atoms with Gasteiger partial charge in [0.1, 0.15) is 0 Å². The number of carbonyl (C=O) groups excluding carboxylic acids is 1. The lowest BCUT2D eigenvalue weighted by Crippen LogP contribution is -2.21. The topological polar surface area (TPSA) is 41.1 Å². The van der Waals surface area contributed by atoms with Gasteiger partial charge in [0.05, 0.1) is 0 Å². The zero-order valence-corrected chi connectivity index (χ0v) is 13.3. The smallest absolute Gasteiger partial charge is 0.226 e. The minimum absolute atomic E-state index is 0.00669. The highest BCUT2D eigenvalue weighted by Gasteiger charge is 2.12. The summed E-state index contributed by atoms with van der Waals surface area (Å²) in [6, 6.07) is 8.65. The Balaban J connectivity index is 1.94. The molecule has 0 bridgehead atoms. The van der Waals surface area contributed by atoms with Crippen LogP contribution in [-0.2, 0) is 4.79 Å². The van der Waals surface area contributed by atoms with E-state index in [9.17, 15) is 4.79 Å². The summed E-state index contributed by atoms with van der Waals surface area (Å²) in [6.07, 6.45) is 9.27. The number of carbonyl (C=O) groups is 1. The lowest BCUT2D eigenvalue weighted by Gasteiger charge is -2.22. The molecular formula is C18H28N2O. The normalized spacial score (nSPS) is 17.1. The average molecular weight is 288 g/mol. The van der Waals surface area contributed by atoms with Crippen LogP contribution < -0.4 is 10.6 Å². The van der Waals surface area contributed by atoms with Gasteiger partial charge in [-0.05, 0) is 31.0 Å². The Hall–Kier alpha value is -1.51. The SMILES string of the molecule is CC(C)C(=O)Nc1cccc(NC2CCCCCCC2)c1. The molecule has 3 nitrogen and oxygen atoms in total. The third kappa shape index (κ3) is 5.41. The molecule has 1 aliphatic rings. The fraction of sp³-hybridized carbons (Fsp3) is 0.611. The quantitative estimate of drug-likeness (QED) is 0.835. The molecule has 1 aliphatic carbocycles. The fourth-order valence-corrected chi connectivity index (χ4v) is 2.81. The predicted octanol–water partition coefficient (Wildman–Crippen LogP) is 4.81. The number of rotatable bonds is 4. The van der Waals surface area contributed by atoms with E-state index >= 15 is 0 Å². The summed E-state index contributed by atoms with van der Waals surface area (Å²) in [5.41, 5.74) is 1.99. The van der Waals surface area contributed by atoms with Gasteiger partial charge < -0.3 is 10.6 Å². The molecule has 0 saturated heterocycles. The molecule has 1 saturated carbocycles. The third-order valence-electron chi connectivity index (χ3n) is 4.13. The van der Waals surface area contributed by atoms with Crippen LogP contribution in [-0.4, -0.2) is 11.9 Å². The molecule has 0 aromatic heterocycles. The van der Waals surface area contributed by atoms with E-state index in [4.69, 9.17) is 0 Å². The van der Waals surface area contributed by atoms with Crippen LogP contribution >= 0.6 is 0 Å². The van der Waals surface area contributed by atoms with Crippen LogP contribution in [0.3, 0.4) is 0 Å².